The number of hydrogen-bond acceptors (Lipinski definition) is 4. The summed E-state index contributed by atoms with van der Waals surface area (Å²) in [6.07, 6.45) is 0.0101. The molecule has 5 nitrogen and oxygen atoms in total. The number of carbonyl (C=O) groups is 2. The number of nitrogens with zero attached hydrogens (tertiary/aromatic N) is 2. The minimum Gasteiger partial charge on any atom is -0.481 e. The zero-order valence-corrected chi connectivity index (χ0v) is 10.9. The van der Waals surface area contributed by atoms with Crippen molar-refractivity contribution in [2.24, 2.45) is 5.92 Å². The minimum absolute atomic E-state index is 0.0101. The molecule has 0 spiro atoms. The molecule has 1 aliphatic rings. The van der Waals surface area contributed by atoms with Crippen LogP contribution in [-0.2, 0) is 9.59 Å². The lowest BCUT2D eigenvalue weighted by Gasteiger charge is -2.14. The third kappa shape index (κ3) is 1.87. The molecule has 1 aromatic rings. The molecule has 18 heavy (non-hydrogen) atoms. The molecular weight excluding hydrogens is 252 g/mol. The zero-order valence-electron chi connectivity index (χ0n) is 10.1. The lowest BCUT2D eigenvalue weighted by Crippen LogP contribution is -2.25. The van der Waals surface area contributed by atoms with E-state index in [1.54, 1.807) is 0 Å². The van der Waals surface area contributed by atoms with Gasteiger partial charge in [-0.25, -0.2) is 0 Å². The number of aryl methyl sites for hydroxylation is 1. The second-order valence-electron chi connectivity index (χ2n) is 4.32. The highest BCUT2D eigenvalue weighted by molar-refractivity contribution is 7.16. The van der Waals surface area contributed by atoms with Gasteiger partial charge in [-0.3, -0.25) is 9.59 Å². The zero-order chi connectivity index (χ0) is 13.4. The maximum Gasteiger partial charge on any atom is 0.308 e. The summed E-state index contributed by atoms with van der Waals surface area (Å²) < 4.78 is 0. The van der Waals surface area contributed by atoms with Gasteiger partial charge in [-0.2, -0.15) is 5.26 Å². The van der Waals surface area contributed by atoms with Crippen LogP contribution in [0.4, 0.5) is 5.00 Å². The predicted molar refractivity (Wildman–Crippen MR) is 66.6 cm³/mol. The number of carboxylic acids is 1. The molecule has 94 valence electrons. The molecule has 0 bridgehead atoms. The summed E-state index contributed by atoms with van der Waals surface area (Å²) in [6.45, 7) is 3.88. The molecule has 1 aliphatic heterocycles. The first kappa shape index (κ1) is 12.6. The number of carboxylic acid groups (broad SMARTS) is 1. The molecule has 0 aliphatic carbocycles. The number of hydrogen-bond donors (Lipinski definition) is 1. The Bertz CT molecular complexity index is 571. The van der Waals surface area contributed by atoms with Crippen LogP contribution in [0.3, 0.4) is 0 Å². The number of carbonyl (C=O) groups excluding carboxylic acids is 1. The smallest absolute Gasteiger partial charge is 0.308 e. The van der Waals surface area contributed by atoms with Crippen molar-refractivity contribution >= 4 is 28.2 Å². The summed E-state index contributed by atoms with van der Waals surface area (Å²) in [5.74, 6) is -1.86. The van der Waals surface area contributed by atoms with Crippen LogP contribution in [-0.4, -0.2) is 23.5 Å². The van der Waals surface area contributed by atoms with Crippen LogP contribution in [0.15, 0.2) is 0 Å². The Morgan fingerprint density at radius 2 is 2.22 bits per heavy atom. The van der Waals surface area contributed by atoms with Gasteiger partial charge in [0.15, 0.2) is 0 Å². The molecule has 0 radical (unpaired) electrons. The highest BCUT2D eigenvalue weighted by Crippen LogP contribution is 2.37. The van der Waals surface area contributed by atoms with Crippen molar-refractivity contribution in [2.75, 3.05) is 11.4 Å². The van der Waals surface area contributed by atoms with E-state index in [0.29, 0.717) is 10.6 Å². The van der Waals surface area contributed by atoms with Crippen molar-refractivity contribution in [3.63, 3.8) is 0 Å². The number of thiophene rings is 1. The van der Waals surface area contributed by atoms with Crippen molar-refractivity contribution in [1.82, 2.24) is 0 Å². The normalized spacial score (nSPS) is 19.1. The van der Waals surface area contributed by atoms with E-state index in [-0.39, 0.29) is 18.9 Å². The number of nitriles is 1. The second kappa shape index (κ2) is 4.42. The first-order valence-corrected chi connectivity index (χ1v) is 6.30. The van der Waals surface area contributed by atoms with Gasteiger partial charge in [0.2, 0.25) is 5.91 Å². The SMILES string of the molecule is Cc1sc(N2CC(C(=O)O)CC2=O)c(C#N)c1C. The molecule has 1 saturated heterocycles. The molecule has 1 amide bonds. The molecule has 0 aromatic carbocycles. The number of anilines is 1. The van der Waals surface area contributed by atoms with Gasteiger partial charge in [0.25, 0.3) is 0 Å². The summed E-state index contributed by atoms with van der Waals surface area (Å²) in [4.78, 5) is 25.2. The Kier molecular flexibility index (Phi) is 3.09. The van der Waals surface area contributed by atoms with Crippen LogP contribution in [0.2, 0.25) is 0 Å². The van der Waals surface area contributed by atoms with Crippen LogP contribution >= 0.6 is 11.3 Å². The highest BCUT2D eigenvalue weighted by Gasteiger charge is 2.37. The van der Waals surface area contributed by atoms with Gasteiger partial charge in [-0.05, 0) is 19.4 Å². The van der Waals surface area contributed by atoms with Gasteiger partial charge in [-0.1, -0.05) is 0 Å². The molecule has 1 atom stereocenters. The first-order chi connectivity index (χ1) is 8.45. The third-order valence-corrected chi connectivity index (χ3v) is 4.43. The molecular formula is C12H12N2O3S. The van der Waals surface area contributed by atoms with Gasteiger partial charge in [0, 0.05) is 17.8 Å². The van der Waals surface area contributed by atoms with E-state index >= 15 is 0 Å². The average Bonchev–Trinajstić information content (AvgIpc) is 2.81. The molecule has 6 heteroatoms. The van der Waals surface area contributed by atoms with Gasteiger partial charge >= 0.3 is 5.97 Å². The molecule has 0 saturated carbocycles. The van der Waals surface area contributed by atoms with Crippen LogP contribution in [0.5, 0.6) is 0 Å². The van der Waals surface area contributed by atoms with E-state index < -0.39 is 11.9 Å². The number of aliphatic carboxylic acids is 1. The van der Waals surface area contributed by atoms with Crippen LogP contribution in [0.25, 0.3) is 0 Å². The van der Waals surface area contributed by atoms with Crippen LogP contribution in [0.1, 0.15) is 22.4 Å². The third-order valence-electron chi connectivity index (χ3n) is 3.20. The molecule has 1 aromatic heterocycles. The Morgan fingerprint density at radius 3 is 2.72 bits per heavy atom. The van der Waals surface area contributed by atoms with E-state index in [1.165, 1.54) is 16.2 Å². The maximum atomic E-state index is 11.8. The van der Waals surface area contributed by atoms with Crippen molar-refractivity contribution < 1.29 is 14.7 Å². The van der Waals surface area contributed by atoms with Gasteiger partial charge < -0.3 is 10.0 Å². The van der Waals surface area contributed by atoms with Crippen molar-refractivity contribution in [2.45, 2.75) is 20.3 Å². The Morgan fingerprint density at radius 1 is 1.56 bits per heavy atom. The van der Waals surface area contributed by atoms with Gasteiger partial charge in [0.05, 0.1) is 11.5 Å². The van der Waals surface area contributed by atoms with Crippen molar-refractivity contribution in [3.05, 3.63) is 16.0 Å². The summed E-state index contributed by atoms with van der Waals surface area (Å²) >= 11 is 1.37. The Labute approximate surface area is 108 Å². The van der Waals surface area contributed by atoms with Crippen molar-refractivity contribution in [3.8, 4) is 6.07 Å². The van der Waals surface area contributed by atoms with E-state index in [4.69, 9.17) is 10.4 Å². The number of amides is 1. The topological polar surface area (TPSA) is 81.4 Å². The summed E-state index contributed by atoms with van der Waals surface area (Å²) in [5, 5.41) is 18.7. The highest BCUT2D eigenvalue weighted by atomic mass is 32.1. The Hall–Kier alpha value is -1.87. The second-order valence-corrected chi connectivity index (χ2v) is 5.52. The maximum absolute atomic E-state index is 11.8. The predicted octanol–water partition coefficient (Wildman–Crippen LogP) is 1.67. The van der Waals surface area contributed by atoms with E-state index in [0.717, 1.165) is 10.4 Å². The quantitative estimate of drug-likeness (QED) is 0.881. The first-order valence-electron chi connectivity index (χ1n) is 5.49. The minimum atomic E-state index is -0.964. The largest absolute Gasteiger partial charge is 0.481 e. The summed E-state index contributed by atoms with van der Waals surface area (Å²) in [6, 6.07) is 2.10. The molecule has 2 rings (SSSR count). The van der Waals surface area contributed by atoms with E-state index in [1.807, 2.05) is 13.8 Å². The summed E-state index contributed by atoms with van der Waals surface area (Å²) in [5.41, 5.74) is 1.35. The average molecular weight is 264 g/mol. The fourth-order valence-corrected chi connectivity index (χ4v) is 3.13. The molecule has 1 N–H and O–H groups in total. The van der Waals surface area contributed by atoms with Crippen LogP contribution in [0, 0.1) is 31.1 Å². The van der Waals surface area contributed by atoms with Gasteiger partial charge in [-0.15, -0.1) is 11.3 Å². The van der Waals surface area contributed by atoms with E-state index in [9.17, 15) is 9.59 Å². The molecule has 2 heterocycles. The molecule has 1 fully saturated rings. The van der Waals surface area contributed by atoms with Crippen LogP contribution < -0.4 is 4.90 Å². The fourth-order valence-electron chi connectivity index (χ4n) is 2.00. The van der Waals surface area contributed by atoms with Gasteiger partial charge in [0.1, 0.15) is 11.1 Å². The summed E-state index contributed by atoms with van der Waals surface area (Å²) in [7, 11) is 0. The van der Waals surface area contributed by atoms with Crippen molar-refractivity contribution in [1.29, 1.82) is 5.26 Å². The monoisotopic (exact) mass is 264 g/mol. The lowest BCUT2D eigenvalue weighted by molar-refractivity contribution is -0.141. The Balaban J connectivity index is 2.39. The standard InChI is InChI=1S/C12H12N2O3S/c1-6-7(2)18-11(9(6)4-13)14-5-8(12(16)17)3-10(14)15/h8H,3,5H2,1-2H3,(H,16,17). The number of rotatable bonds is 2. The van der Waals surface area contributed by atoms with E-state index in [2.05, 4.69) is 6.07 Å². The fraction of sp³-hybridized carbons (Fsp3) is 0.417. The lowest BCUT2D eigenvalue weighted by atomic mass is 10.1. The molecule has 1 unspecified atom stereocenters.